The zero-order valence-electron chi connectivity index (χ0n) is 20.0. The van der Waals surface area contributed by atoms with Crippen LogP contribution in [-0.2, 0) is 10.0 Å². The molecule has 0 bridgehead atoms. The van der Waals surface area contributed by atoms with Crippen molar-refractivity contribution < 1.29 is 26.7 Å². The molecule has 1 amide bonds. The van der Waals surface area contributed by atoms with Crippen molar-refractivity contribution >= 4 is 61.5 Å². The molecule has 13 heteroatoms. The molecule has 2 N–H and O–H groups in total. The lowest BCUT2D eigenvalue weighted by Gasteiger charge is -2.13. The number of halogens is 4. The fourth-order valence-electron chi connectivity index (χ4n) is 3.55. The van der Waals surface area contributed by atoms with Gasteiger partial charge in [-0.15, -0.1) is 0 Å². The molecule has 202 valence electrons. The first-order valence-electron chi connectivity index (χ1n) is 11.4. The van der Waals surface area contributed by atoms with Gasteiger partial charge < -0.3 is 10.1 Å². The summed E-state index contributed by atoms with van der Waals surface area (Å²) in [5, 5.41) is 2.36. The van der Waals surface area contributed by atoms with Crippen LogP contribution in [-0.4, -0.2) is 24.3 Å². The zero-order chi connectivity index (χ0) is 28.4. The summed E-state index contributed by atoms with van der Waals surface area (Å²) in [7, 11) is -4.04. The van der Waals surface area contributed by atoms with Crippen molar-refractivity contribution in [2.24, 2.45) is 0 Å². The first-order chi connectivity index (χ1) is 19.1. The maximum atomic E-state index is 13.5. The molecular formula is C27H16Cl2F2N4O4S. The normalized spacial score (nSPS) is 11.3. The van der Waals surface area contributed by atoms with Crippen LogP contribution in [0.5, 0.6) is 11.6 Å². The molecule has 5 rings (SSSR count). The summed E-state index contributed by atoms with van der Waals surface area (Å²) in [6.07, 6.45) is 0. The van der Waals surface area contributed by atoms with E-state index in [2.05, 4.69) is 20.0 Å². The van der Waals surface area contributed by atoms with Gasteiger partial charge in [0.05, 0.1) is 31.7 Å². The Morgan fingerprint density at radius 2 is 1.48 bits per heavy atom. The number of hydrogen-bond donors (Lipinski definition) is 2. The minimum Gasteiger partial charge on any atom is -0.435 e. The van der Waals surface area contributed by atoms with Gasteiger partial charge in [0.15, 0.2) is 5.69 Å². The van der Waals surface area contributed by atoms with Gasteiger partial charge in [0, 0.05) is 5.69 Å². The van der Waals surface area contributed by atoms with Gasteiger partial charge in [-0.2, -0.15) is 0 Å². The molecule has 0 unspecified atom stereocenters. The number of carbonyl (C=O) groups is 1. The van der Waals surface area contributed by atoms with Crippen molar-refractivity contribution in [2.75, 3.05) is 10.0 Å². The Kier molecular flexibility index (Phi) is 7.53. The molecule has 4 aromatic carbocycles. The van der Waals surface area contributed by atoms with Crippen LogP contribution >= 0.6 is 23.2 Å². The van der Waals surface area contributed by atoms with Gasteiger partial charge in [0.25, 0.3) is 21.8 Å². The Balaban J connectivity index is 1.40. The highest BCUT2D eigenvalue weighted by atomic mass is 35.5. The van der Waals surface area contributed by atoms with Crippen LogP contribution < -0.4 is 14.8 Å². The number of aromatic nitrogens is 2. The largest absolute Gasteiger partial charge is 0.435 e. The van der Waals surface area contributed by atoms with Crippen LogP contribution in [0, 0.1) is 11.6 Å². The second-order valence-corrected chi connectivity index (χ2v) is 10.8. The first-order valence-corrected chi connectivity index (χ1v) is 13.6. The zero-order valence-corrected chi connectivity index (χ0v) is 22.4. The molecule has 0 saturated carbocycles. The second-order valence-electron chi connectivity index (χ2n) is 8.26. The monoisotopic (exact) mass is 600 g/mol. The van der Waals surface area contributed by atoms with Crippen molar-refractivity contribution in [1.82, 2.24) is 9.97 Å². The summed E-state index contributed by atoms with van der Waals surface area (Å²) >= 11 is 11.8. The summed E-state index contributed by atoms with van der Waals surface area (Å²) in [5.74, 6) is -2.07. The lowest BCUT2D eigenvalue weighted by atomic mass is 10.2. The highest BCUT2D eigenvalue weighted by Gasteiger charge is 2.21. The predicted molar refractivity (Wildman–Crippen MR) is 148 cm³/mol. The third kappa shape index (κ3) is 5.96. The lowest BCUT2D eigenvalue weighted by Crippen LogP contribution is -2.16. The van der Waals surface area contributed by atoms with Gasteiger partial charge in [-0.3, -0.25) is 9.52 Å². The standard InChI is InChI=1S/C27H16Cl2F2N4O4S/c28-19-14-17(8-11-21(19)31)35-40(37,38)18-9-6-16(7-10-18)32-26(36)25-27(34-23-4-2-1-3-22(23)33-25)39-24-12-5-15(30)13-20(24)29/h1-14,35H,(H,32,36). The van der Waals surface area contributed by atoms with Gasteiger partial charge in [-0.25, -0.2) is 27.2 Å². The van der Waals surface area contributed by atoms with Crippen molar-refractivity contribution in [1.29, 1.82) is 0 Å². The number of nitrogens with one attached hydrogen (secondary N) is 2. The van der Waals surface area contributed by atoms with Crippen molar-refractivity contribution in [2.45, 2.75) is 4.90 Å². The summed E-state index contributed by atoms with van der Waals surface area (Å²) in [6.45, 7) is 0. The van der Waals surface area contributed by atoms with Gasteiger partial charge in [-0.05, 0) is 72.8 Å². The number of fused-ring (bicyclic) bond motifs is 1. The Morgan fingerprint density at radius 1 is 0.800 bits per heavy atom. The van der Waals surface area contributed by atoms with Crippen molar-refractivity contribution in [3.63, 3.8) is 0 Å². The highest BCUT2D eigenvalue weighted by Crippen LogP contribution is 2.32. The molecule has 0 atom stereocenters. The number of anilines is 2. The van der Waals surface area contributed by atoms with Gasteiger partial charge in [0.2, 0.25) is 0 Å². The quantitative estimate of drug-likeness (QED) is 0.207. The number of carbonyl (C=O) groups excluding carboxylic acids is 1. The molecule has 0 saturated heterocycles. The SMILES string of the molecule is O=C(Nc1ccc(S(=O)(=O)Nc2ccc(F)c(Cl)c2)cc1)c1nc2ccccc2nc1Oc1ccc(F)cc1Cl. The van der Waals surface area contributed by atoms with Crippen LogP contribution in [0.4, 0.5) is 20.2 Å². The third-order valence-electron chi connectivity index (χ3n) is 5.45. The minimum absolute atomic E-state index is 0.0327. The summed E-state index contributed by atoms with van der Waals surface area (Å²) in [6, 6.07) is 19.0. The maximum absolute atomic E-state index is 13.5. The molecule has 40 heavy (non-hydrogen) atoms. The number of hydrogen-bond acceptors (Lipinski definition) is 6. The van der Waals surface area contributed by atoms with Gasteiger partial charge in [0.1, 0.15) is 17.4 Å². The second kappa shape index (κ2) is 11.0. The van der Waals surface area contributed by atoms with Crippen LogP contribution in [0.15, 0.2) is 89.8 Å². The number of sulfonamides is 1. The smallest absolute Gasteiger partial charge is 0.279 e. The topological polar surface area (TPSA) is 110 Å². The van der Waals surface area contributed by atoms with E-state index < -0.39 is 27.6 Å². The number of rotatable bonds is 7. The summed E-state index contributed by atoms with van der Waals surface area (Å²) in [4.78, 5) is 21.9. The van der Waals surface area contributed by atoms with E-state index in [9.17, 15) is 22.0 Å². The molecule has 5 aromatic rings. The van der Waals surface area contributed by atoms with Gasteiger partial charge in [-0.1, -0.05) is 35.3 Å². The van der Waals surface area contributed by atoms with Crippen molar-refractivity contribution in [3.8, 4) is 11.6 Å². The fraction of sp³-hybridized carbons (Fsp3) is 0. The molecule has 8 nitrogen and oxygen atoms in total. The van der Waals surface area contributed by atoms with E-state index in [-0.39, 0.29) is 43.6 Å². The fourth-order valence-corrected chi connectivity index (χ4v) is 4.98. The van der Waals surface area contributed by atoms with E-state index in [1.807, 2.05) is 0 Å². The van der Waals surface area contributed by atoms with Crippen LogP contribution in [0.1, 0.15) is 10.5 Å². The van der Waals surface area contributed by atoms with Crippen LogP contribution in [0.25, 0.3) is 11.0 Å². The number of nitrogens with zero attached hydrogens (tertiary/aromatic N) is 2. The molecule has 1 heterocycles. The Bertz CT molecular complexity index is 1870. The van der Waals surface area contributed by atoms with Crippen molar-refractivity contribution in [3.05, 3.63) is 112 Å². The molecule has 0 aliphatic carbocycles. The van der Waals surface area contributed by atoms with E-state index in [4.69, 9.17) is 27.9 Å². The number of ether oxygens (including phenoxy) is 1. The molecule has 0 aliphatic heterocycles. The van der Waals surface area contributed by atoms with Crippen LogP contribution in [0.3, 0.4) is 0 Å². The Hall–Kier alpha value is -4.32. The molecule has 0 aliphatic rings. The van der Waals surface area contributed by atoms with E-state index in [0.717, 1.165) is 24.3 Å². The average molecular weight is 601 g/mol. The summed E-state index contributed by atoms with van der Waals surface area (Å²) in [5.41, 5.74) is 0.989. The van der Waals surface area contributed by atoms with E-state index in [1.54, 1.807) is 24.3 Å². The van der Waals surface area contributed by atoms with E-state index >= 15 is 0 Å². The first kappa shape index (κ1) is 27.3. The van der Waals surface area contributed by atoms with E-state index in [1.165, 1.54) is 36.4 Å². The number of para-hydroxylation sites is 2. The molecular weight excluding hydrogens is 585 g/mol. The Labute approximate surface area is 236 Å². The maximum Gasteiger partial charge on any atom is 0.279 e. The minimum atomic E-state index is -4.04. The predicted octanol–water partition coefficient (Wildman–Crippen LogP) is 7.06. The number of benzene rings is 4. The molecule has 0 radical (unpaired) electrons. The third-order valence-corrected chi connectivity index (χ3v) is 7.43. The molecule has 0 fully saturated rings. The molecule has 1 aromatic heterocycles. The number of amides is 1. The van der Waals surface area contributed by atoms with E-state index in [0.29, 0.717) is 11.0 Å². The highest BCUT2D eigenvalue weighted by molar-refractivity contribution is 7.92. The Morgan fingerprint density at radius 3 is 2.15 bits per heavy atom. The average Bonchev–Trinajstić information content (AvgIpc) is 2.92. The van der Waals surface area contributed by atoms with Gasteiger partial charge >= 0.3 is 0 Å². The summed E-state index contributed by atoms with van der Waals surface area (Å²) < 4.78 is 60.4. The lowest BCUT2D eigenvalue weighted by molar-refractivity contribution is 0.101. The molecule has 0 spiro atoms. The van der Waals surface area contributed by atoms with Crippen LogP contribution in [0.2, 0.25) is 10.0 Å².